The van der Waals surface area contributed by atoms with Crippen molar-refractivity contribution in [3.8, 4) is 0 Å². The third kappa shape index (κ3) is 5.08. The van der Waals surface area contributed by atoms with Crippen LogP contribution < -0.4 is 0 Å². The van der Waals surface area contributed by atoms with E-state index in [1.165, 1.54) is 70.6 Å². The molecule has 1 aliphatic rings. The summed E-state index contributed by atoms with van der Waals surface area (Å²) in [7, 11) is 0. The zero-order chi connectivity index (χ0) is 11.9. The van der Waals surface area contributed by atoms with E-state index < -0.39 is 0 Å². The SMILES string of the molecule is CCCCCCCCCCC1(C(C)Cl)CC1. The smallest absolute Gasteiger partial charge is 0.0364 e. The maximum absolute atomic E-state index is 6.23. The maximum atomic E-state index is 6.23. The minimum atomic E-state index is 0.400. The molecule has 1 heteroatoms. The molecule has 0 aromatic heterocycles. The Kier molecular flexibility index (Phi) is 6.80. The maximum Gasteiger partial charge on any atom is 0.0364 e. The third-order valence-electron chi connectivity index (χ3n) is 4.26. The van der Waals surface area contributed by atoms with E-state index in [9.17, 15) is 0 Å². The number of unbranched alkanes of at least 4 members (excludes halogenated alkanes) is 7. The van der Waals surface area contributed by atoms with Gasteiger partial charge in [0.1, 0.15) is 0 Å². The highest BCUT2D eigenvalue weighted by Crippen LogP contribution is 2.54. The molecule has 1 atom stereocenters. The first-order chi connectivity index (χ1) is 7.71. The number of hydrogen-bond acceptors (Lipinski definition) is 0. The molecule has 0 spiro atoms. The summed E-state index contributed by atoms with van der Waals surface area (Å²) in [4.78, 5) is 0. The van der Waals surface area contributed by atoms with Crippen molar-refractivity contribution in [2.45, 2.75) is 89.9 Å². The highest BCUT2D eigenvalue weighted by molar-refractivity contribution is 6.21. The van der Waals surface area contributed by atoms with Crippen molar-refractivity contribution in [3.63, 3.8) is 0 Å². The molecule has 1 rings (SSSR count). The summed E-state index contributed by atoms with van der Waals surface area (Å²) >= 11 is 6.23. The lowest BCUT2D eigenvalue weighted by atomic mass is 9.94. The molecule has 0 aromatic carbocycles. The molecule has 1 unspecified atom stereocenters. The monoisotopic (exact) mass is 244 g/mol. The van der Waals surface area contributed by atoms with Crippen LogP contribution in [-0.4, -0.2) is 5.38 Å². The first-order valence-electron chi connectivity index (χ1n) is 7.35. The predicted octanol–water partition coefficient (Wildman–Crippen LogP) is 5.92. The van der Waals surface area contributed by atoms with Gasteiger partial charge in [0.2, 0.25) is 0 Å². The van der Waals surface area contributed by atoms with Gasteiger partial charge in [0, 0.05) is 5.38 Å². The molecule has 0 amide bonds. The van der Waals surface area contributed by atoms with Crippen LogP contribution >= 0.6 is 11.6 Å². The second kappa shape index (κ2) is 7.58. The number of hydrogen-bond donors (Lipinski definition) is 0. The fourth-order valence-electron chi connectivity index (χ4n) is 2.62. The van der Waals surface area contributed by atoms with Crippen molar-refractivity contribution in [1.82, 2.24) is 0 Å². The Morgan fingerprint density at radius 1 is 0.938 bits per heavy atom. The van der Waals surface area contributed by atoms with E-state index in [0.29, 0.717) is 10.8 Å². The van der Waals surface area contributed by atoms with Crippen LogP contribution in [0.1, 0.15) is 84.5 Å². The number of rotatable bonds is 10. The lowest BCUT2D eigenvalue weighted by molar-refractivity contribution is 0.424. The van der Waals surface area contributed by atoms with E-state index >= 15 is 0 Å². The van der Waals surface area contributed by atoms with Crippen molar-refractivity contribution in [2.24, 2.45) is 5.41 Å². The molecule has 0 N–H and O–H groups in total. The van der Waals surface area contributed by atoms with Gasteiger partial charge < -0.3 is 0 Å². The highest BCUT2D eigenvalue weighted by atomic mass is 35.5. The topological polar surface area (TPSA) is 0 Å². The Morgan fingerprint density at radius 3 is 1.88 bits per heavy atom. The van der Waals surface area contributed by atoms with Gasteiger partial charge in [-0.3, -0.25) is 0 Å². The van der Waals surface area contributed by atoms with Gasteiger partial charge in [-0.25, -0.2) is 0 Å². The first-order valence-corrected chi connectivity index (χ1v) is 7.79. The van der Waals surface area contributed by atoms with E-state index in [-0.39, 0.29) is 0 Å². The Hall–Kier alpha value is 0.290. The highest BCUT2D eigenvalue weighted by Gasteiger charge is 2.45. The zero-order valence-corrected chi connectivity index (χ0v) is 12.0. The van der Waals surface area contributed by atoms with Crippen molar-refractivity contribution >= 4 is 11.6 Å². The molecule has 1 saturated carbocycles. The first kappa shape index (κ1) is 14.4. The summed E-state index contributed by atoms with van der Waals surface area (Å²) in [5.41, 5.74) is 0.559. The summed E-state index contributed by atoms with van der Waals surface area (Å²) in [6.45, 7) is 4.46. The van der Waals surface area contributed by atoms with Crippen LogP contribution in [0.2, 0.25) is 0 Å². The van der Waals surface area contributed by atoms with Gasteiger partial charge in [0.05, 0.1) is 0 Å². The van der Waals surface area contributed by atoms with Crippen molar-refractivity contribution in [3.05, 3.63) is 0 Å². The van der Waals surface area contributed by atoms with Crippen LogP contribution in [0.4, 0.5) is 0 Å². The molecule has 0 bridgehead atoms. The molecule has 1 aliphatic carbocycles. The van der Waals surface area contributed by atoms with Gasteiger partial charge in [-0.2, -0.15) is 0 Å². The fraction of sp³-hybridized carbons (Fsp3) is 1.00. The Morgan fingerprint density at radius 2 is 1.44 bits per heavy atom. The van der Waals surface area contributed by atoms with Gasteiger partial charge in [-0.15, -0.1) is 11.6 Å². The number of halogens is 1. The second-order valence-corrected chi connectivity index (χ2v) is 6.36. The Labute approximate surface area is 107 Å². The van der Waals surface area contributed by atoms with E-state index in [1.54, 1.807) is 0 Å². The quantitative estimate of drug-likeness (QED) is 0.330. The van der Waals surface area contributed by atoms with Crippen LogP contribution in [0.15, 0.2) is 0 Å². The van der Waals surface area contributed by atoms with Crippen molar-refractivity contribution in [2.75, 3.05) is 0 Å². The summed E-state index contributed by atoms with van der Waals surface area (Å²) in [6, 6.07) is 0. The molecule has 0 saturated heterocycles. The van der Waals surface area contributed by atoms with E-state index in [2.05, 4.69) is 13.8 Å². The summed E-state index contributed by atoms with van der Waals surface area (Å²) in [6.07, 6.45) is 15.5. The molecule has 0 heterocycles. The summed E-state index contributed by atoms with van der Waals surface area (Å²) < 4.78 is 0. The van der Waals surface area contributed by atoms with Gasteiger partial charge >= 0.3 is 0 Å². The summed E-state index contributed by atoms with van der Waals surface area (Å²) in [5.74, 6) is 0. The minimum absolute atomic E-state index is 0.400. The predicted molar refractivity (Wildman–Crippen MR) is 74.2 cm³/mol. The number of alkyl halides is 1. The molecule has 0 radical (unpaired) electrons. The molecular weight excluding hydrogens is 216 g/mol. The standard InChI is InChI=1S/C15H29Cl/c1-3-4-5-6-7-8-9-10-11-15(12-13-15)14(2)16/h14H,3-13H2,1-2H3. The van der Waals surface area contributed by atoms with Crippen LogP contribution in [0, 0.1) is 5.41 Å². The molecule has 16 heavy (non-hydrogen) atoms. The van der Waals surface area contributed by atoms with E-state index in [0.717, 1.165) is 0 Å². The van der Waals surface area contributed by atoms with Crippen LogP contribution in [-0.2, 0) is 0 Å². The molecule has 1 fully saturated rings. The fourth-order valence-corrected chi connectivity index (χ4v) is 2.95. The van der Waals surface area contributed by atoms with E-state index in [4.69, 9.17) is 11.6 Å². The molecular formula is C15H29Cl. The van der Waals surface area contributed by atoms with Gasteiger partial charge in [-0.05, 0) is 31.6 Å². The lowest BCUT2D eigenvalue weighted by Crippen LogP contribution is -2.12. The van der Waals surface area contributed by atoms with Gasteiger partial charge in [0.25, 0.3) is 0 Å². The minimum Gasteiger partial charge on any atom is -0.123 e. The van der Waals surface area contributed by atoms with Gasteiger partial charge in [0.15, 0.2) is 0 Å². The second-order valence-electron chi connectivity index (χ2n) is 5.70. The molecule has 0 nitrogen and oxygen atoms in total. The average molecular weight is 245 g/mol. The van der Waals surface area contributed by atoms with Crippen LogP contribution in [0.5, 0.6) is 0 Å². The third-order valence-corrected chi connectivity index (χ3v) is 4.73. The van der Waals surface area contributed by atoms with Crippen molar-refractivity contribution < 1.29 is 0 Å². The van der Waals surface area contributed by atoms with Crippen LogP contribution in [0.3, 0.4) is 0 Å². The Bertz CT molecular complexity index is 170. The largest absolute Gasteiger partial charge is 0.123 e. The molecule has 96 valence electrons. The van der Waals surface area contributed by atoms with E-state index in [1.807, 2.05) is 0 Å². The van der Waals surface area contributed by atoms with Crippen molar-refractivity contribution in [1.29, 1.82) is 0 Å². The molecule has 0 aromatic rings. The average Bonchev–Trinajstić information content (AvgIpc) is 3.03. The van der Waals surface area contributed by atoms with Crippen LogP contribution in [0.25, 0.3) is 0 Å². The summed E-state index contributed by atoms with van der Waals surface area (Å²) in [5, 5.41) is 0.400. The zero-order valence-electron chi connectivity index (χ0n) is 11.2. The molecule has 0 aliphatic heterocycles. The normalized spacial score (nSPS) is 19.7. The lowest BCUT2D eigenvalue weighted by Gasteiger charge is -2.17. The Balaban J connectivity index is 1.85. The van der Waals surface area contributed by atoms with Gasteiger partial charge in [-0.1, -0.05) is 58.3 Å².